The van der Waals surface area contributed by atoms with Gasteiger partial charge in [0.2, 0.25) is 0 Å². The average molecular weight is 251 g/mol. The standard InChI is InChI=1S/C14H21NO3/c1-9-10(2)12(17-3)5-4-11(9)14(7-18-8-14)13(16)6-15/h4-5,13,16H,6-8,15H2,1-3H3. The summed E-state index contributed by atoms with van der Waals surface area (Å²) in [5.41, 5.74) is 8.63. The maximum atomic E-state index is 10.2. The van der Waals surface area contributed by atoms with Crippen LogP contribution in [0.1, 0.15) is 16.7 Å². The van der Waals surface area contributed by atoms with Gasteiger partial charge in [-0.15, -0.1) is 0 Å². The molecule has 1 saturated heterocycles. The molecule has 18 heavy (non-hydrogen) atoms. The number of benzene rings is 1. The molecule has 1 heterocycles. The lowest BCUT2D eigenvalue weighted by Gasteiger charge is -2.46. The topological polar surface area (TPSA) is 64.7 Å². The second-order valence-electron chi connectivity index (χ2n) is 4.97. The molecule has 100 valence electrons. The first-order valence-electron chi connectivity index (χ1n) is 6.17. The molecule has 0 aliphatic carbocycles. The predicted octanol–water partition coefficient (Wildman–Crippen LogP) is 0.900. The van der Waals surface area contributed by atoms with Crippen molar-refractivity contribution in [3.05, 3.63) is 28.8 Å². The van der Waals surface area contributed by atoms with Gasteiger partial charge < -0.3 is 20.3 Å². The Morgan fingerprint density at radius 2 is 2.06 bits per heavy atom. The van der Waals surface area contributed by atoms with Crippen LogP contribution >= 0.6 is 0 Å². The molecular formula is C14H21NO3. The molecule has 4 nitrogen and oxygen atoms in total. The highest BCUT2D eigenvalue weighted by Gasteiger charge is 2.47. The molecule has 1 fully saturated rings. The van der Waals surface area contributed by atoms with E-state index in [-0.39, 0.29) is 12.0 Å². The molecule has 3 N–H and O–H groups in total. The monoisotopic (exact) mass is 251 g/mol. The van der Waals surface area contributed by atoms with E-state index >= 15 is 0 Å². The number of methoxy groups -OCH3 is 1. The Hall–Kier alpha value is -1.10. The van der Waals surface area contributed by atoms with E-state index in [2.05, 4.69) is 6.92 Å². The zero-order chi connectivity index (χ0) is 13.3. The molecule has 1 aromatic carbocycles. The third-order valence-corrected chi connectivity index (χ3v) is 4.07. The first-order chi connectivity index (χ1) is 8.56. The Morgan fingerprint density at radius 1 is 1.39 bits per heavy atom. The molecule has 1 unspecified atom stereocenters. The third-order valence-electron chi connectivity index (χ3n) is 4.07. The number of hydrogen-bond donors (Lipinski definition) is 2. The van der Waals surface area contributed by atoms with Crippen molar-refractivity contribution in [2.45, 2.75) is 25.4 Å². The summed E-state index contributed by atoms with van der Waals surface area (Å²) in [6, 6.07) is 3.96. The van der Waals surface area contributed by atoms with E-state index in [1.165, 1.54) is 0 Å². The number of hydrogen-bond acceptors (Lipinski definition) is 4. The van der Waals surface area contributed by atoms with Crippen LogP contribution in [0.2, 0.25) is 0 Å². The van der Waals surface area contributed by atoms with Crippen LogP contribution in [0.5, 0.6) is 5.75 Å². The molecule has 1 aromatic rings. The van der Waals surface area contributed by atoms with E-state index in [0.29, 0.717) is 13.2 Å². The lowest BCUT2D eigenvalue weighted by Crippen LogP contribution is -2.58. The van der Waals surface area contributed by atoms with Crippen LogP contribution in [0, 0.1) is 13.8 Å². The quantitative estimate of drug-likeness (QED) is 0.834. The molecular weight excluding hydrogens is 230 g/mol. The fourth-order valence-corrected chi connectivity index (χ4v) is 2.63. The fourth-order valence-electron chi connectivity index (χ4n) is 2.63. The highest BCUT2D eigenvalue weighted by Crippen LogP contribution is 2.39. The first kappa shape index (κ1) is 13.3. The average Bonchev–Trinajstić information content (AvgIpc) is 2.33. The van der Waals surface area contributed by atoms with E-state index in [1.807, 2.05) is 19.1 Å². The van der Waals surface area contributed by atoms with Gasteiger partial charge in [-0.2, -0.15) is 0 Å². The van der Waals surface area contributed by atoms with Gasteiger partial charge in [0.1, 0.15) is 5.75 Å². The maximum Gasteiger partial charge on any atom is 0.122 e. The van der Waals surface area contributed by atoms with Crippen molar-refractivity contribution in [3.8, 4) is 5.75 Å². The molecule has 0 radical (unpaired) electrons. The fraction of sp³-hybridized carbons (Fsp3) is 0.571. The van der Waals surface area contributed by atoms with Crippen LogP contribution in [-0.2, 0) is 10.2 Å². The first-order valence-corrected chi connectivity index (χ1v) is 6.17. The SMILES string of the molecule is COc1ccc(C2(C(O)CN)COC2)c(C)c1C. The van der Waals surface area contributed by atoms with Gasteiger partial charge in [0.15, 0.2) is 0 Å². The zero-order valence-electron chi connectivity index (χ0n) is 11.2. The van der Waals surface area contributed by atoms with Gasteiger partial charge in [-0.3, -0.25) is 0 Å². The lowest BCUT2D eigenvalue weighted by molar-refractivity contribution is -0.117. The van der Waals surface area contributed by atoms with Crippen molar-refractivity contribution >= 4 is 0 Å². The summed E-state index contributed by atoms with van der Waals surface area (Å²) in [5.74, 6) is 0.869. The van der Waals surface area contributed by atoms with E-state index in [1.54, 1.807) is 7.11 Å². The summed E-state index contributed by atoms with van der Waals surface area (Å²) in [7, 11) is 1.67. The second-order valence-corrected chi connectivity index (χ2v) is 4.97. The number of aliphatic hydroxyl groups is 1. The minimum atomic E-state index is -0.572. The third kappa shape index (κ3) is 1.81. The van der Waals surface area contributed by atoms with Gasteiger partial charge in [-0.25, -0.2) is 0 Å². The minimum absolute atomic E-state index is 0.244. The van der Waals surface area contributed by atoms with Crippen LogP contribution in [0.25, 0.3) is 0 Å². The van der Waals surface area contributed by atoms with Crippen molar-refractivity contribution in [1.29, 1.82) is 0 Å². The van der Waals surface area contributed by atoms with Crippen LogP contribution in [0.4, 0.5) is 0 Å². The van der Waals surface area contributed by atoms with Crippen LogP contribution in [0.3, 0.4) is 0 Å². The van der Waals surface area contributed by atoms with Crippen molar-refractivity contribution in [3.63, 3.8) is 0 Å². The summed E-state index contributed by atoms with van der Waals surface area (Å²) in [6.45, 7) is 5.38. The molecule has 0 saturated carbocycles. The van der Waals surface area contributed by atoms with Crippen LogP contribution < -0.4 is 10.5 Å². The molecule has 0 aromatic heterocycles. The molecule has 4 heteroatoms. The minimum Gasteiger partial charge on any atom is -0.496 e. The van der Waals surface area contributed by atoms with E-state index in [4.69, 9.17) is 15.2 Å². The predicted molar refractivity (Wildman–Crippen MR) is 70.0 cm³/mol. The molecule has 2 rings (SSSR count). The molecule has 0 spiro atoms. The van der Waals surface area contributed by atoms with Gasteiger partial charge in [0.05, 0.1) is 31.8 Å². The van der Waals surface area contributed by atoms with Gasteiger partial charge in [-0.05, 0) is 36.6 Å². The highest BCUT2D eigenvalue weighted by atomic mass is 16.5. The normalized spacial score (nSPS) is 19.2. The molecule has 1 atom stereocenters. The van der Waals surface area contributed by atoms with Crippen LogP contribution in [-0.4, -0.2) is 38.1 Å². The maximum absolute atomic E-state index is 10.2. The van der Waals surface area contributed by atoms with Gasteiger partial charge >= 0.3 is 0 Å². The van der Waals surface area contributed by atoms with Crippen molar-refractivity contribution in [2.75, 3.05) is 26.9 Å². The summed E-state index contributed by atoms with van der Waals surface area (Å²) in [6.07, 6.45) is -0.572. The number of aliphatic hydroxyl groups excluding tert-OH is 1. The Kier molecular flexibility index (Phi) is 3.61. The Morgan fingerprint density at radius 3 is 2.50 bits per heavy atom. The Balaban J connectivity index is 2.47. The van der Waals surface area contributed by atoms with Crippen molar-refractivity contribution in [2.24, 2.45) is 5.73 Å². The number of rotatable bonds is 4. The highest BCUT2D eigenvalue weighted by molar-refractivity contribution is 5.48. The summed E-state index contributed by atoms with van der Waals surface area (Å²) in [4.78, 5) is 0. The van der Waals surface area contributed by atoms with Gasteiger partial charge in [-0.1, -0.05) is 6.07 Å². The van der Waals surface area contributed by atoms with Crippen molar-refractivity contribution < 1.29 is 14.6 Å². The summed E-state index contributed by atoms with van der Waals surface area (Å²) >= 11 is 0. The molecule has 0 amide bonds. The molecule has 0 bridgehead atoms. The number of ether oxygens (including phenoxy) is 2. The lowest BCUT2D eigenvalue weighted by atomic mass is 9.71. The largest absolute Gasteiger partial charge is 0.496 e. The second kappa shape index (κ2) is 4.88. The smallest absolute Gasteiger partial charge is 0.122 e. The Labute approximate surface area is 108 Å². The number of nitrogens with two attached hydrogens (primary N) is 1. The molecule has 1 aliphatic rings. The zero-order valence-corrected chi connectivity index (χ0v) is 11.2. The molecule has 1 aliphatic heterocycles. The summed E-state index contributed by atoms with van der Waals surface area (Å²) in [5, 5.41) is 10.2. The van der Waals surface area contributed by atoms with Gasteiger partial charge in [0, 0.05) is 6.54 Å². The van der Waals surface area contributed by atoms with Crippen LogP contribution in [0.15, 0.2) is 12.1 Å². The van der Waals surface area contributed by atoms with E-state index < -0.39 is 6.10 Å². The van der Waals surface area contributed by atoms with Gasteiger partial charge in [0.25, 0.3) is 0 Å². The van der Waals surface area contributed by atoms with Crippen molar-refractivity contribution in [1.82, 2.24) is 0 Å². The summed E-state index contributed by atoms with van der Waals surface area (Å²) < 4.78 is 10.6. The Bertz CT molecular complexity index is 441. The van der Waals surface area contributed by atoms with E-state index in [0.717, 1.165) is 22.4 Å². The van der Waals surface area contributed by atoms with E-state index in [9.17, 15) is 5.11 Å².